The van der Waals surface area contributed by atoms with Crippen molar-refractivity contribution in [3.05, 3.63) is 79.3 Å². The zero-order valence-corrected chi connectivity index (χ0v) is 16.6. The SMILES string of the molecule is CCN(CC)c1ccc(NC(=O)c2c[nH]c(=O)n(Cc3cccs3)c2=O)cc1. The molecule has 0 bridgehead atoms. The molecule has 0 aliphatic heterocycles. The van der Waals surface area contributed by atoms with Gasteiger partial charge in [0.1, 0.15) is 5.56 Å². The molecule has 0 spiro atoms. The first-order valence-corrected chi connectivity index (χ1v) is 9.92. The number of hydrogen-bond donors (Lipinski definition) is 2. The number of H-pyrrole nitrogens is 1. The zero-order chi connectivity index (χ0) is 20.1. The molecule has 1 aromatic carbocycles. The van der Waals surface area contributed by atoms with Gasteiger partial charge in [0, 0.05) is 35.5 Å². The highest BCUT2D eigenvalue weighted by atomic mass is 32.1. The van der Waals surface area contributed by atoms with E-state index in [0.29, 0.717) is 5.69 Å². The first kappa shape index (κ1) is 19.6. The van der Waals surface area contributed by atoms with Crippen LogP contribution in [0, 0.1) is 0 Å². The molecule has 0 aliphatic carbocycles. The minimum Gasteiger partial charge on any atom is -0.372 e. The number of carbonyl (C=O) groups excluding carboxylic acids is 1. The van der Waals surface area contributed by atoms with Gasteiger partial charge in [-0.15, -0.1) is 11.3 Å². The van der Waals surface area contributed by atoms with Crippen LogP contribution in [0.15, 0.2) is 57.6 Å². The first-order valence-electron chi connectivity index (χ1n) is 9.04. The Hall–Kier alpha value is -3.13. The zero-order valence-electron chi connectivity index (χ0n) is 15.8. The third-order valence-corrected chi connectivity index (χ3v) is 5.31. The number of nitrogens with one attached hydrogen (secondary N) is 2. The van der Waals surface area contributed by atoms with E-state index in [1.807, 2.05) is 29.6 Å². The Balaban J connectivity index is 1.81. The number of aromatic nitrogens is 2. The predicted octanol–water partition coefficient (Wildman–Crippen LogP) is 2.74. The molecule has 0 aliphatic rings. The van der Waals surface area contributed by atoms with Gasteiger partial charge in [-0.1, -0.05) is 6.07 Å². The smallest absolute Gasteiger partial charge is 0.328 e. The molecule has 2 N–H and O–H groups in total. The summed E-state index contributed by atoms with van der Waals surface area (Å²) in [5.41, 5.74) is 0.374. The summed E-state index contributed by atoms with van der Waals surface area (Å²) in [4.78, 5) is 42.8. The summed E-state index contributed by atoms with van der Waals surface area (Å²) in [5.74, 6) is -0.559. The molecule has 7 nitrogen and oxygen atoms in total. The second kappa shape index (κ2) is 8.71. The molecule has 8 heteroatoms. The largest absolute Gasteiger partial charge is 0.372 e. The van der Waals surface area contributed by atoms with Crippen molar-refractivity contribution in [1.29, 1.82) is 0 Å². The fourth-order valence-electron chi connectivity index (χ4n) is 2.92. The summed E-state index contributed by atoms with van der Waals surface area (Å²) in [7, 11) is 0. The van der Waals surface area contributed by atoms with Crippen LogP contribution in [0.4, 0.5) is 11.4 Å². The Labute approximate surface area is 166 Å². The Kier molecular flexibility index (Phi) is 6.10. The minimum absolute atomic E-state index is 0.107. The van der Waals surface area contributed by atoms with Crippen LogP contribution >= 0.6 is 11.3 Å². The third-order valence-electron chi connectivity index (χ3n) is 4.45. The molecule has 0 saturated heterocycles. The molecule has 3 rings (SSSR count). The fraction of sp³-hybridized carbons (Fsp3) is 0.250. The average molecular weight is 398 g/mol. The highest BCUT2D eigenvalue weighted by molar-refractivity contribution is 7.09. The van der Waals surface area contributed by atoms with Crippen LogP contribution in [0.2, 0.25) is 0 Å². The minimum atomic E-state index is -0.616. The standard InChI is InChI=1S/C20H22N4O3S/c1-3-23(4-2)15-9-7-14(8-10-15)22-18(25)17-12-21-20(27)24(19(17)26)13-16-6-5-11-28-16/h5-12H,3-4,13H2,1-2H3,(H,21,27)(H,22,25). The molecule has 0 saturated carbocycles. The van der Waals surface area contributed by atoms with E-state index in [4.69, 9.17) is 0 Å². The van der Waals surface area contributed by atoms with Crippen LogP contribution in [0.3, 0.4) is 0 Å². The van der Waals surface area contributed by atoms with Gasteiger partial charge in [-0.25, -0.2) is 4.79 Å². The second-order valence-electron chi connectivity index (χ2n) is 6.15. The average Bonchev–Trinajstić information content (AvgIpc) is 3.20. The van der Waals surface area contributed by atoms with Gasteiger partial charge in [0.05, 0.1) is 6.54 Å². The number of aromatic amines is 1. The van der Waals surface area contributed by atoms with E-state index in [1.54, 1.807) is 12.1 Å². The van der Waals surface area contributed by atoms with Gasteiger partial charge in [-0.05, 0) is 49.6 Å². The molecule has 0 fully saturated rings. The van der Waals surface area contributed by atoms with Crippen molar-refractivity contribution in [3.8, 4) is 0 Å². The number of carbonyl (C=O) groups is 1. The lowest BCUT2D eigenvalue weighted by atomic mass is 10.2. The van der Waals surface area contributed by atoms with E-state index in [-0.39, 0.29) is 12.1 Å². The lowest BCUT2D eigenvalue weighted by Gasteiger charge is -2.21. The Morgan fingerprint density at radius 3 is 2.46 bits per heavy atom. The fourth-order valence-corrected chi connectivity index (χ4v) is 3.61. The molecule has 3 aromatic rings. The lowest BCUT2D eigenvalue weighted by Crippen LogP contribution is -2.39. The van der Waals surface area contributed by atoms with Gasteiger partial charge in [0.25, 0.3) is 11.5 Å². The molecule has 0 atom stereocenters. The maximum atomic E-state index is 12.6. The molecule has 0 radical (unpaired) electrons. The monoisotopic (exact) mass is 398 g/mol. The van der Waals surface area contributed by atoms with E-state index < -0.39 is 17.2 Å². The lowest BCUT2D eigenvalue weighted by molar-refractivity contribution is 0.102. The summed E-state index contributed by atoms with van der Waals surface area (Å²) < 4.78 is 1.03. The number of benzene rings is 1. The summed E-state index contributed by atoms with van der Waals surface area (Å²) in [6.07, 6.45) is 1.16. The van der Waals surface area contributed by atoms with Gasteiger partial charge >= 0.3 is 5.69 Å². The summed E-state index contributed by atoms with van der Waals surface area (Å²) in [5, 5.41) is 4.58. The van der Waals surface area contributed by atoms with Gasteiger partial charge in [0.2, 0.25) is 0 Å². The summed E-state index contributed by atoms with van der Waals surface area (Å²) in [6, 6.07) is 11.1. The number of rotatable bonds is 7. The number of anilines is 2. The van der Waals surface area contributed by atoms with Crippen molar-refractivity contribution in [2.45, 2.75) is 20.4 Å². The van der Waals surface area contributed by atoms with E-state index >= 15 is 0 Å². The second-order valence-corrected chi connectivity index (χ2v) is 7.18. The molecular formula is C20H22N4O3S. The van der Waals surface area contributed by atoms with Crippen molar-refractivity contribution in [3.63, 3.8) is 0 Å². The molecule has 2 aromatic heterocycles. The van der Waals surface area contributed by atoms with Crippen LogP contribution in [-0.2, 0) is 6.54 Å². The van der Waals surface area contributed by atoms with E-state index in [1.165, 1.54) is 11.3 Å². The molecule has 0 unspecified atom stereocenters. The van der Waals surface area contributed by atoms with Gasteiger partial charge in [-0.3, -0.25) is 14.2 Å². The van der Waals surface area contributed by atoms with Crippen LogP contribution < -0.4 is 21.5 Å². The molecule has 28 heavy (non-hydrogen) atoms. The molecule has 2 heterocycles. The molecule has 146 valence electrons. The first-order chi connectivity index (χ1) is 13.5. The van der Waals surface area contributed by atoms with Crippen LogP contribution in [0.5, 0.6) is 0 Å². The van der Waals surface area contributed by atoms with Crippen molar-refractivity contribution in [2.75, 3.05) is 23.3 Å². The van der Waals surface area contributed by atoms with Crippen molar-refractivity contribution in [1.82, 2.24) is 9.55 Å². The normalized spacial score (nSPS) is 10.6. The van der Waals surface area contributed by atoms with Gasteiger partial charge in [-0.2, -0.15) is 0 Å². The van der Waals surface area contributed by atoms with Crippen LogP contribution in [0.25, 0.3) is 0 Å². The Morgan fingerprint density at radius 1 is 1.14 bits per heavy atom. The molecular weight excluding hydrogens is 376 g/mol. The van der Waals surface area contributed by atoms with E-state index in [9.17, 15) is 14.4 Å². The Morgan fingerprint density at radius 2 is 1.86 bits per heavy atom. The quantitative estimate of drug-likeness (QED) is 0.641. The summed E-state index contributed by atoms with van der Waals surface area (Å²) >= 11 is 1.44. The third kappa shape index (κ3) is 4.23. The maximum absolute atomic E-state index is 12.6. The topological polar surface area (TPSA) is 87.2 Å². The predicted molar refractivity (Wildman–Crippen MR) is 113 cm³/mol. The van der Waals surface area contributed by atoms with Crippen molar-refractivity contribution in [2.24, 2.45) is 0 Å². The van der Waals surface area contributed by atoms with Crippen molar-refractivity contribution >= 4 is 28.6 Å². The van der Waals surface area contributed by atoms with Crippen molar-refractivity contribution < 1.29 is 4.79 Å². The highest BCUT2D eigenvalue weighted by Crippen LogP contribution is 2.18. The van der Waals surface area contributed by atoms with E-state index in [2.05, 4.69) is 29.0 Å². The van der Waals surface area contributed by atoms with Crippen LogP contribution in [0.1, 0.15) is 29.1 Å². The van der Waals surface area contributed by atoms with Gasteiger partial charge < -0.3 is 15.2 Å². The summed E-state index contributed by atoms with van der Waals surface area (Å²) in [6.45, 7) is 6.07. The number of amides is 1. The number of nitrogens with zero attached hydrogens (tertiary/aromatic N) is 2. The van der Waals surface area contributed by atoms with Gasteiger partial charge in [0.15, 0.2) is 0 Å². The van der Waals surface area contributed by atoms with E-state index in [0.717, 1.165) is 34.4 Å². The number of hydrogen-bond acceptors (Lipinski definition) is 5. The maximum Gasteiger partial charge on any atom is 0.328 e. The number of thiophene rings is 1. The molecule has 1 amide bonds. The highest BCUT2D eigenvalue weighted by Gasteiger charge is 2.15. The van der Waals surface area contributed by atoms with Crippen LogP contribution in [-0.4, -0.2) is 28.5 Å². The Bertz CT molecular complexity index is 1050.